The Morgan fingerprint density at radius 2 is 1.00 bits per heavy atom. The van der Waals surface area contributed by atoms with Gasteiger partial charge in [-0.05, 0) is 129 Å². The van der Waals surface area contributed by atoms with Crippen molar-refractivity contribution >= 4 is 17.2 Å². The van der Waals surface area contributed by atoms with Gasteiger partial charge in [0.2, 0.25) is 0 Å². The van der Waals surface area contributed by atoms with E-state index < -0.39 is 5.60 Å². The number of carbonyl (C=O) groups is 1. The monoisotopic (exact) mass is 1040 g/mol. The standard InChI is InChI=1S/C67H84N6O4/c1-52(54-29-33-61(75-7)34-30-54)71(41-37-63(56-19-12-9-13-20-56)57-21-14-10-15-22-57)40-18-39-70-44-43-68(6)65(51-70)60-27-25-59(26-28-60)64(58-23-16-11-17-24-58)38-42-72(53(2)55-31-35-62(76-8)36-32-55)48-45-69-46-49-73(50-47-69)66(74)77-67(3,4)5/h9-17,19-38,52-53,65H,18,39-51H2,1-8H3/b64-38-/t52-,53-,65?/m1/s1. The van der Waals surface area contributed by atoms with Crippen LogP contribution < -0.4 is 9.47 Å². The summed E-state index contributed by atoms with van der Waals surface area (Å²) >= 11 is 0. The van der Waals surface area contributed by atoms with Crippen LogP contribution in [0.5, 0.6) is 11.5 Å². The first kappa shape index (κ1) is 56.7. The number of methoxy groups -OCH3 is 2. The van der Waals surface area contributed by atoms with E-state index in [0.717, 1.165) is 89.9 Å². The topological polar surface area (TPSA) is 64.2 Å². The highest BCUT2D eigenvalue weighted by atomic mass is 16.6. The fourth-order valence-corrected chi connectivity index (χ4v) is 10.8. The van der Waals surface area contributed by atoms with Gasteiger partial charge >= 0.3 is 6.09 Å². The third kappa shape index (κ3) is 16.0. The highest BCUT2D eigenvalue weighted by Crippen LogP contribution is 2.32. The van der Waals surface area contributed by atoms with Crippen LogP contribution in [0.25, 0.3) is 11.1 Å². The van der Waals surface area contributed by atoms with Gasteiger partial charge in [-0.1, -0.05) is 152 Å². The van der Waals surface area contributed by atoms with Crippen LogP contribution in [0.4, 0.5) is 4.79 Å². The molecule has 406 valence electrons. The van der Waals surface area contributed by atoms with Gasteiger partial charge in [0.1, 0.15) is 17.1 Å². The van der Waals surface area contributed by atoms with Gasteiger partial charge in [-0.2, -0.15) is 0 Å². The van der Waals surface area contributed by atoms with Crippen molar-refractivity contribution in [2.75, 3.05) is 106 Å². The lowest BCUT2D eigenvalue weighted by molar-refractivity contribution is 0.0136. The van der Waals surface area contributed by atoms with E-state index in [0.29, 0.717) is 19.1 Å². The molecule has 0 aliphatic carbocycles. The molecule has 10 nitrogen and oxygen atoms in total. The molecular formula is C67H84N6O4. The highest BCUT2D eigenvalue weighted by molar-refractivity contribution is 5.81. The Morgan fingerprint density at radius 3 is 1.45 bits per heavy atom. The minimum atomic E-state index is -0.505. The van der Waals surface area contributed by atoms with E-state index in [-0.39, 0.29) is 18.2 Å². The van der Waals surface area contributed by atoms with Crippen LogP contribution in [0.1, 0.15) is 98.1 Å². The fourth-order valence-electron chi connectivity index (χ4n) is 10.8. The van der Waals surface area contributed by atoms with Gasteiger partial charge in [-0.25, -0.2) is 4.79 Å². The molecule has 6 aromatic rings. The Hall–Kier alpha value is -6.53. The third-order valence-corrected chi connectivity index (χ3v) is 15.6. The number of hydrogen-bond donors (Lipinski definition) is 0. The van der Waals surface area contributed by atoms with Crippen molar-refractivity contribution in [1.82, 2.24) is 29.4 Å². The Balaban J connectivity index is 0.956. The second-order valence-corrected chi connectivity index (χ2v) is 21.8. The molecule has 0 spiro atoms. The number of rotatable bonds is 22. The van der Waals surface area contributed by atoms with Crippen molar-refractivity contribution in [3.05, 3.63) is 215 Å². The van der Waals surface area contributed by atoms with Gasteiger partial charge in [-0.3, -0.25) is 19.6 Å². The number of carbonyl (C=O) groups excluding carboxylic acids is 1. The first-order chi connectivity index (χ1) is 37.3. The molecule has 3 atom stereocenters. The summed E-state index contributed by atoms with van der Waals surface area (Å²) in [7, 11) is 5.73. The lowest BCUT2D eigenvalue weighted by Gasteiger charge is -2.40. The quantitative estimate of drug-likeness (QED) is 0.0661. The predicted octanol–water partition coefficient (Wildman–Crippen LogP) is 12.6. The Morgan fingerprint density at radius 1 is 0.558 bits per heavy atom. The van der Waals surface area contributed by atoms with E-state index in [1.165, 1.54) is 50.1 Å². The van der Waals surface area contributed by atoms with Crippen LogP contribution in [0.2, 0.25) is 0 Å². The predicted molar refractivity (Wildman–Crippen MR) is 317 cm³/mol. The molecule has 0 N–H and O–H groups in total. The number of likely N-dealkylation sites (N-methyl/N-ethyl adjacent to an activating group) is 1. The molecule has 0 aromatic heterocycles. The molecule has 77 heavy (non-hydrogen) atoms. The van der Waals surface area contributed by atoms with Crippen molar-refractivity contribution in [1.29, 1.82) is 0 Å². The first-order valence-corrected chi connectivity index (χ1v) is 27.9. The zero-order valence-electron chi connectivity index (χ0n) is 47.2. The summed E-state index contributed by atoms with van der Waals surface area (Å²) in [5.74, 6) is 1.74. The number of benzene rings is 6. The summed E-state index contributed by atoms with van der Waals surface area (Å²) in [5.41, 5.74) is 10.8. The summed E-state index contributed by atoms with van der Waals surface area (Å²) in [4.78, 5) is 27.6. The lowest BCUT2D eigenvalue weighted by Crippen LogP contribution is -2.51. The van der Waals surface area contributed by atoms with Gasteiger partial charge in [-0.15, -0.1) is 0 Å². The molecule has 0 bridgehead atoms. The molecule has 10 heteroatoms. The number of hydrogen-bond acceptors (Lipinski definition) is 9. The van der Waals surface area contributed by atoms with Crippen LogP contribution in [-0.4, -0.2) is 147 Å². The maximum atomic E-state index is 12.9. The minimum absolute atomic E-state index is 0.160. The maximum Gasteiger partial charge on any atom is 0.410 e. The second-order valence-electron chi connectivity index (χ2n) is 21.8. The molecule has 2 aliphatic heterocycles. The number of ether oxygens (including phenoxy) is 3. The summed E-state index contributed by atoms with van der Waals surface area (Å²) in [6, 6.07) is 59.6. The van der Waals surface area contributed by atoms with E-state index in [4.69, 9.17) is 14.2 Å². The van der Waals surface area contributed by atoms with Gasteiger partial charge in [0.15, 0.2) is 0 Å². The first-order valence-electron chi connectivity index (χ1n) is 27.9. The Labute approximate surface area is 461 Å². The molecule has 0 radical (unpaired) electrons. The fraction of sp³-hybridized carbons (Fsp3) is 0.388. The zero-order valence-corrected chi connectivity index (χ0v) is 47.2. The minimum Gasteiger partial charge on any atom is -0.497 e. The van der Waals surface area contributed by atoms with E-state index in [2.05, 4.69) is 221 Å². The van der Waals surface area contributed by atoms with Crippen LogP contribution in [0.15, 0.2) is 176 Å². The molecule has 2 aliphatic rings. The second kappa shape index (κ2) is 27.7. The van der Waals surface area contributed by atoms with E-state index in [1.807, 2.05) is 25.7 Å². The number of nitrogens with zero attached hydrogens (tertiary/aromatic N) is 6. The molecule has 2 heterocycles. The van der Waals surface area contributed by atoms with Gasteiger partial charge in [0.25, 0.3) is 0 Å². The SMILES string of the molecule is COc1ccc([C@@H](C)N(CC=C(c2ccccc2)c2ccccc2)CCCN2CCN(C)C(c3ccc(/C(=C\CN(CCN4CCN(C(=O)OC(C)(C)C)CC4)[C@H](C)c4ccc(OC)cc4)c4ccccc4)cc3)C2)cc1. The van der Waals surface area contributed by atoms with Crippen LogP contribution >= 0.6 is 0 Å². The van der Waals surface area contributed by atoms with Crippen LogP contribution in [-0.2, 0) is 4.74 Å². The normalized spacial score (nSPS) is 16.8. The van der Waals surface area contributed by atoms with Crippen LogP contribution in [0.3, 0.4) is 0 Å². The molecule has 2 saturated heterocycles. The largest absolute Gasteiger partial charge is 0.497 e. The van der Waals surface area contributed by atoms with Gasteiger partial charge in [0.05, 0.1) is 14.2 Å². The van der Waals surface area contributed by atoms with Crippen molar-refractivity contribution < 1.29 is 19.0 Å². The van der Waals surface area contributed by atoms with Gasteiger partial charge < -0.3 is 24.0 Å². The summed E-state index contributed by atoms with van der Waals surface area (Å²) < 4.78 is 16.7. The maximum absolute atomic E-state index is 12.9. The summed E-state index contributed by atoms with van der Waals surface area (Å²) in [6.45, 7) is 21.9. The Kier molecular flexibility index (Phi) is 20.4. The lowest BCUT2D eigenvalue weighted by atomic mass is 9.94. The average Bonchev–Trinajstić information content (AvgIpc) is 3.46. The number of amides is 1. The molecule has 1 amide bonds. The number of piperazine rings is 2. The molecule has 0 saturated carbocycles. The van der Waals surface area contributed by atoms with Crippen molar-refractivity contribution in [3.63, 3.8) is 0 Å². The molecule has 1 unspecified atom stereocenters. The molecule has 8 rings (SSSR count). The smallest absolute Gasteiger partial charge is 0.410 e. The van der Waals surface area contributed by atoms with Crippen molar-refractivity contribution in [3.8, 4) is 11.5 Å². The van der Waals surface area contributed by atoms with E-state index >= 15 is 0 Å². The van der Waals surface area contributed by atoms with E-state index in [1.54, 1.807) is 14.2 Å². The third-order valence-electron chi connectivity index (χ3n) is 15.6. The average molecular weight is 1040 g/mol. The molecular weight excluding hydrogens is 953 g/mol. The van der Waals surface area contributed by atoms with Crippen molar-refractivity contribution in [2.24, 2.45) is 0 Å². The van der Waals surface area contributed by atoms with Crippen LogP contribution in [0, 0.1) is 0 Å². The summed E-state index contributed by atoms with van der Waals surface area (Å²) in [6.07, 6.45) is 5.70. The Bertz CT molecular complexity index is 2730. The zero-order chi connectivity index (χ0) is 54.2. The highest BCUT2D eigenvalue weighted by Gasteiger charge is 2.28. The molecule has 6 aromatic carbocycles. The van der Waals surface area contributed by atoms with Gasteiger partial charge in [0, 0.05) is 96.7 Å². The molecule has 2 fully saturated rings. The van der Waals surface area contributed by atoms with Crippen molar-refractivity contribution in [2.45, 2.75) is 64.8 Å². The van der Waals surface area contributed by atoms with E-state index in [9.17, 15) is 4.79 Å². The summed E-state index contributed by atoms with van der Waals surface area (Å²) in [5, 5.41) is 0.